The second kappa shape index (κ2) is 8.31. The molecule has 0 aliphatic rings. The molecule has 1 amide bonds. The molecule has 0 saturated heterocycles. The fourth-order valence-electron chi connectivity index (χ4n) is 2.35. The van der Waals surface area contributed by atoms with Crippen LogP contribution in [0, 0.1) is 17.0 Å². The van der Waals surface area contributed by atoms with E-state index in [1.165, 1.54) is 19.1 Å². The number of carbonyl (C=O) groups excluding carboxylic acids is 2. The third-order valence-corrected chi connectivity index (χ3v) is 3.86. The van der Waals surface area contributed by atoms with Crippen LogP contribution in [0.15, 0.2) is 42.5 Å². The average molecular weight is 371 g/mol. The van der Waals surface area contributed by atoms with Crippen molar-refractivity contribution < 1.29 is 19.2 Å². The van der Waals surface area contributed by atoms with Crippen LogP contribution in [0.4, 0.5) is 17.1 Å². The molecule has 8 heteroatoms. The van der Waals surface area contributed by atoms with Crippen molar-refractivity contribution in [3.05, 3.63) is 63.7 Å². The van der Waals surface area contributed by atoms with Gasteiger partial charge in [-0.3, -0.25) is 14.9 Å². The molecule has 0 saturated carbocycles. The van der Waals surface area contributed by atoms with Crippen molar-refractivity contribution >= 4 is 28.9 Å². The number of hydrogen-bond donors (Lipinski definition) is 1. The summed E-state index contributed by atoms with van der Waals surface area (Å²) in [6, 6.07) is 11.1. The Balaban J connectivity index is 2.15. The minimum atomic E-state index is -1.08. The van der Waals surface area contributed by atoms with E-state index in [-0.39, 0.29) is 11.3 Å². The van der Waals surface area contributed by atoms with Crippen molar-refractivity contribution in [1.82, 2.24) is 0 Å². The number of non-ortho nitro benzene ring substituents is 1. The van der Waals surface area contributed by atoms with Crippen LogP contribution in [0.2, 0.25) is 0 Å². The number of nitrogens with zero attached hydrogens (tertiary/aromatic N) is 2. The smallest absolute Gasteiger partial charge is 0.341 e. The number of nitrogens with one attached hydrogen (secondary N) is 1. The van der Waals surface area contributed by atoms with Crippen molar-refractivity contribution in [2.24, 2.45) is 0 Å². The normalized spacial score (nSPS) is 11.4. The second-order valence-electron chi connectivity index (χ2n) is 6.26. The van der Waals surface area contributed by atoms with Gasteiger partial charge in [0, 0.05) is 31.9 Å². The predicted octanol–water partition coefficient (Wildman–Crippen LogP) is 3.15. The van der Waals surface area contributed by atoms with E-state index in [4.69, 9.17) is 4.74 Å². The summed E-state index contributed by atoms with van der Waals surface area (Å²) in [7, 11) is 3.40. The molecule has 2 aromatic rings. The molecule has 0 aliphatic carbocycles. The summed E-state index contributed by atoms with van der Waals surface area (Å²) < 4.78 is 5.22. The Morgan fingerprint density at radius 2 is 1.78 bits per heavy atom. The van der Waals surface area contributed by atoms with Crippen molar-refractivity contribution in [2.75, 3.05) is 24.3 Å². The zero-order chi connectivity index (χ0) is 20.1. The van der Waals surface area contributed by atoms with Crippen LogP contribution in [0.5, 0.6) is 0 Å². The highest BCUT2D eigenvalue weighted by atomic mass is 16.6. The van der Waals surface area contributed by atoms with Crippen LogP contribution in [-0.2, 0) is 9.53 Å². The summed E-state index contributed by atoms with van der Waals surface area (Å²) in [5.74, 6) is -1.31. The molecule has 0 heterocycles. The number of anilines is 2. The maximum Gasteiger partial charge on any atom is 0.341 e. The van der Waals surface area contributed by atoms with Gasteiger partial charge in [0.2, 0.25) is 0 Å². The summed E-state index contributed by atoms with van der Waals surface area (Å²) in [5.41, 5.74) is 1.87. The largest absolute Gasteiger partial charge is 0.449 e. The molecule has 0 aliphatic heterocycles. The predicted molar refractivity (Wildman–Crippen MR) is 102 cm³/mol. The number of ether oxygens (including phenoxy) is 1. The molecule has 0 bridgehead atoms. The molecule has 142 valence electrons. The molecular formula is C19H21N3O5. The molecule has 8 nitrogen and oxygen atoms in total. The van der Waals surface area contributed by atoms with E-state index in [2.05, 4.69) is 5.32 Å². The first kappa shape index (κ1) is 19.9. The topological polar surface area (TPSA) is 102 Å². The van der Waals surface area contributed by atoms with Gasteiger partial charge in [-0.15, -0.1) is 0 Å². The first-order chi connectivity index (χ1) is 12.7. The lowest BCUT2D eigenvalue weighted by molar-refractivity contribution is -0.384. The van der Waals surface area contributed by atoms with Crippen LogP contribution in [-0.4, -0.2) is 37.0 Å². The third kappa shape index (κ3) is 5.04. The van der Waals surface area contributed by atoms with Gasteiger partial charge in [0.1, 0.15) is 0 Å². The van der Waals surface area contributed by atoms with Gasteiger partial charge in [-0.1, -0.05) is 17.7 Å². The first-order valence-corrected chi connectivity index (χ1v) is 8.23. The molecule has 0 aromatic heterocycles. The molecule has 2 rings (SSSR count). The fraction of sp³-hybridized carbons (Fsp3) is 0.263. The van der Waals surface area contributed by atoms with Gasteiger partial charge in [-0.2, -0.15) is 0 Å². The van der Waals surface area contributed by atoms with E-state index in [1.807, 2.05) is 19.1 Å². The molecular weight excluding hydrogens is 350 g/mol. The van der Waals surface area contributed by atoms with Gasteiger partial charge in [0.25, 0.3) is 11.6 Å². The maximum atomic E-state index is 12.5. The van der Waals surface area contributed by atoms with Crippen molar-refractivity contribution in [3.8, 4) is 0 Å². The van der Waals surface area contributed by atoms with E-state index in [1.54, 1.807) is 31.1 Å². The van der Waals surface area contributed by atoms with Crippen LogP contribution < -0.4 is 10.2 Å². The van der Waals surface area contributed by atoms with Gasteiger partial charge in [0.15, 0.2) is 6.10 Å². The van der Waals surface area contributed by atoms with Gasteiger partial charge in [-0.05, 0) is 32.0 Å². The molecule has 27 heavy (non-hydrogen) atoms. The van der Waals surface area contributed by atoms with Crippen molar-refractivity contribution in [1.29, 1.82) is 0 Å². The van der Waals surface area contributed by atoms with Crippen LogP contribution in [0.25, 0.3) is 0 Å². The van der Waals surface area contributed by atoms with Crippen LogP contribution in [0.1, 0.15) is 22.8 Å². The summed E-state index contributed by atoms with van der Waals surface area (Å²) >= 11 is 0. The summed E-state index contributed by atoms with van der Waals surface area (Å²) in [5, 5.41) is 13.6. The first-order valence-electron chi connectivity index (χ1n) is 8.23. The SMILES string of the molecule is Cc1ccc(NC(=O)[C@H](C)OC(=O)c2cc([N+](=O)[O-])ccc2N(C)C)cc1. The van der Waals surface area contributed by atoms with Crippen molar-refractivity contribution in [3.63, 3.8) is 0 Å². The number of nitro groups is 1. The molecule has 0 unspecified atom stereocenters. The Hall–Kier alpha value is -3.42. The lowest BCUT2D eigenvalue weighted by atomic mass is 10.1. The Morgan fingerprint density at radius 1 is 1.15 bits per heavy atom. The highest BCUT2D eigenvalue weighted by Crippen LogP contribution is 2.25. The van der Waals surface area contributed by atoms with E-state index >= 15 is 0 Å². The van der Waals surface area contributed by atoms with E-state index in [9.17, 15) is 19.7 Å². The third-order valence-electron chi connectivity index (χ3n) is 3.86. The number of benzene rings is 2. The Bertz CT molecular complexity index is 862. The molecule has 2 aromatic carbocycles. The number of esters is 1. The number of hydrogen-bond acceptors (Lipinski definition) is 6. The Labute approximate surface area is 156 Å². The zero-order valence-corrected chi connectivity index (χ0v) is 15.6. The lowest BCUT2D eigenvalue weighted by Gasteiger charge is -2.18. The van der Waals surface area contributed by atoms with Gasteiger partial charge in [0.05, 0.1) is 16.2 Å². The number of amides is 1. The van der Waals surface area contributed by atoms with E-state index in [0.29, 0.717) is 11.4 Å². The number of nitro benzene ring substituents is 1. The number of carbonyl (C=O) groups is 2. The summed E-state index contributed by atoms with van der Waals surface area (Å²) in [4.78, 5) is 36.8. The van der Waals surface area contributed by atoms with Gasteiger partial charge in [-0.25, -0.2) is 4.79 Å². The summed E-state index contributed by atoms with van der Waals surface area (Å²) in [6.45, 7) is 3.37. The van der Waals surface area contributed by atoms with Crippen LogP contribution >= 0.6 is 0 Å². The number of aryl methyl sites for hydroxylation is 1. The second-order valence-corrected chi connectivity index (χ2v) is 6.26. The molecule has 0 fully saturated rings. The number of rotatable bonds is 6. The average Bonchev–Trinajstić information content (AvgIpc) is 2.62. The maximum absolute atomic E-state index is 12.5. The molecule has 1 atom stereocenters. The quantitative estimate of drug-likeness (QED) is 0.475. The minimum Gasteiger partial charge on any atom is -0.449 e. The molecule has 0 spiro atoms. The van der Waals surface area contributed by atoms with E-state index in [0.717, 1.165) is 11.6 Å². The van der Waals surface area contributed by atoms with Crippen molar-refractivity contribution in [2.45, 2.75) is 20.0 Å². The molecule has 1 N–H and O–H groups in total. The lowest BCUT2D eigenvalue weighted by Crippen LogP contribution is -2.30. The van der Waals surface area contributed by atoms with E-state index < -0.39 is 22.9 Å². The Kier molecular flexibility index (Phi) is 6.12. The van der Waals surface area contributed by atoms with Gasteiger partial charge >= 0.3 is 5.97 Å². The van der Waals surface area contributed by atoms with Crippen LogP contribution in [0.3, 0.4) is 0 Å². The fourth-order valence-corrected chi connectivity index (χ4v) is 2.35. The highest BCUT2D eigenvalue weighted by Gasteiger charge is 2.23. The molecule has 0 radical (unpaired) electrons. The zero-order valence-electron chi connectivity index (χ0n) is 15.6. The van der Waals surface area contributed by atoms with Gasteiger partial charge < -0.3 is 15.0 Å². The standard InChI is InChI=1S/C19H21N3O5/c1-12-5-7-14(8-6-12)20-18(23)13(2)27-19(24)16-11-15(22(25)26)9-10-17(16)21(3)4/h5-11,13H,1-4H3,(H,20,23)/t13-/m0/s1. The monoisotopic (exact) mass is 371 g/mol. The highest BCUT2D eigenvalue weighted by molar-refractivity contribution is 6.00. The summed E-state index contributed by atoms with van der Waals surface area (Å²) in [6.07, 6.45) is -1.08. The minimum absolute atomic E-state index is 0.0178. The Morgan fingerprint density at radius 3 is 2.33 bits per heavy atom.